The second-order valence-electron chi connectivity index (χ2n) is 5.34. The van der Waals surface area contributed by atoms with Crippen LogP contribution in [-0.4, -0.2) is 61.6 Å². The molecule has 1 amide bonds. The van der Waals surface area contributed by atoms with E-state index in [0.29, 0.717) is 17.9 Å². The summed E-state index contributed by atoms with van der Waals surface area (Å²) in [5, 5.41) is 3.27. The number of anilines is 1. The number of piperazine rings is 1. The molecule has 0 saturated carbocycles. The molecule has 2 aliphatic heterocycles. The number of rotatable bonds is 3. The van der Waals surface area contributed by atoms with Crippen molar-refractivity contribution in [2.75, 3.05) is 51.2 Å². The first-order valence-corrected chi connectivity index (χ1v) is 7.42. The molecule has 0 aliphatic carbocycles. The van der Waals surface area contributed by atoms with Crippen LogP contribution in [0.1, 0.15) is 10.4 Å². The Kier molecular flexibility index (Phi) is 4.10. The van der Waals surface area contributed by atoms with Crippen LogP contribution in [0.3, 0.4) is 0 Å². The Hall–Kier alpha value is -2.01. The average Bonchev–Trinajstić information content (AvgIpc) is 2.55. The number of fused-ring (bicyclic) bond motifs is 1. The molecule has 2 heterocycles. The lowest BCUT2D eigenvalue weighted by molar-refractivity contribution is 0.0646. The van der Waals surface area contributed by atoms with Crippen LogP contribution in [-0.2, 0) is 0 Å². The van der Waals surface area contributed by atoms with Crippen molar-refractivity contribution in [2.45, 2.75) is 0 Å². The van der Waals surface area contributed by atoms with Crippen molar-refractivity contribution in [3.8, 4) is 5.75 Å². The Balaban J connectivity index is 1.73. The van der Waals surface area contributed by atoms with Gasteiger partial charge in [-0.3, -0.25) is 9.69 Å². The summed E-state index contributed by atoms with van der Waals surface area (Å²) in [4.78, 5) is 16.9. The molecule has 0 aromatic heterocycles. The predicted octanol–water partition coefficient (Wildman–Crippen LogP) is 1.43. The molecule has 1 N–H and O–H groups in total. The van der Waals surface area contributed by atoms with Crippen molar-refractivity contribution >= 4 is 11.6 Å². The van der Waals surface area contributed by atoms with E-state index in [1.54, 1.807) is 0 Å². The van der Waals surface area contributed by atoms with Crippen LogP contribution in [0, 0.1) is 0 Å². The summed E-state index contributed by atoms with van der Waals surface area (Å²) in [6, 6.07) is 5.71. The zero-order valence-electron chi connectivity index (χ0n) is 12.2. The second-order valence-corrected chi connectivity index (χ2v) is 5.34. The maximum Gasteiger partial charge on any atom is 0.257 e. The zero-order valence-corrected chi connectivity index (χ0v) is 12.2. The minimum absolute atomic E-state index is 0.0637. The maximum absolute atomic E-state index is 12.7. The van der Waals surface area contributed by atoms with Gasteiger partial charge in [0.15, 0.2) is 5.75 Å². The Morgan fingerprint density at radius 3 is 2.90 bits per heavy atom. The molecule has 21 heavy (non-hydrogen) atoms. The van der Waals surface area contributed by atoms with Gasteiger partial charge in [-0.05, 0) is 12.1 Å². The number of hydrogen-bond donors (Lipinski definition) is 1. The molecule has 5 nitrogen and oxygen atoms in total. The molecule has 1 aromatic rings. The first kappa shape index (κ1) is 13.9. The summed E-state index contributed by atoms with van der Waals surface area (Å²) in [6.07, 6.45) is 1.91. The van der Waals surface area contributed by atoms with Gasteiger partial charge < -0.3 is 15.0 Å². The minimum Gasteiger partial charge on any atom is -0.489 e. The Labute approximate surface area is 125 Å². The number of ether oxygens (including phenoxy) is 1. The highest BCUT2D eigenvalue weighted by Crippen LogP contribution is 2.32. The first-order valence-electron chi connectivity index (χ1n) is 7.42. The number of nitrogens with one attached hydrogen (secondary N) is 1. The SMILES string of the molecule is C=CCN1CCN(C(=O)c2cccc3c2OCCN3)CC1. The van der Waals surface area contributed by atoms with Crippen molar-refractivity contribution in [1.82, 2.24) is 9.80 Å². The van der Waals surface area contributed by atoms with Crippen molar-refractivity contribution in [2.24, 2.45) is 0 Å². The topological polar surface area (TPSA) is 44.8 Å². The van der Waals surface area contributed by atoms with Crippen LogP contribution in [0.4, 0.5) is 5.69 Å². The average molecular weight is 287 g/mol. The third kappa shape index (κ3) is 2.88. The van der Waals surface area contributed by atoms with E-state index in [0.717, 1.165) is 45.0 Å². The fraction of sp³-hybridized carbons (Fsp3) is 0.438. The fourth-order valence-electron chi connectivity index (χ4n) is 2.83. The summed E-state index contributed by atoms with van der Waals surface area (Å²) in [5.74, 6) is 0.760. The standard InChI is InChI=1S/C16H21N3O2/c1-2-7-18-8-10-19(11-9-18)16(20)13-4-3-5-14-15(13)21-12-6-17-14/h2-5,17H,1,6-12H2. The van der Waals surface area contributed by atoms with E-state index in [2.05, 4.69) is 16.8 Å². The number of benzene rings is 1. The van der Waals surface area contributed by atoms with E-state index in [-0.39, 0.29) is 5.91 Å². The highest BCUT2D eigenvalue weighted by molar-refractivity contribution is 5.99. The van der Waals surface area contributed by atoms with Crippen LogP contribution in [0.15, 0.2) is 30.9 Å². The lowest BCUT2D eigenvalue weighted by atomic mass is 10.1. The lowest BCUT2D eigenvalue weighted by Gasteiger charge is -2.34. The van der Waals surface area contributed by atoms with Crippen LogP contribution < -0.4 is 10.1 Å². The second kappa shape index (κ2) is 6.18. The molecule has 0 atom stereocenters. The molecule has 0 spiro atoms. The molecular weight excluding hydrogens is 266 g/mol. The smallest absolute Gasteiger partial charge is 0.257 e. The minimum atomic E-state index is 0.0637. The van der Waals surface area contributed by atoms with Gasteiger partial charge in [0, 0.05) is 39.3 Å². The van der Waals surface area contributed by atoms with E-state index in [4.69, 9.17) is 4.74 Å². The Morgan fingerprint density at radius 2 is 2.14 bits per heavy atom. The van der Waals surface area contributed by atoms with Crippen molar-refractivity contribution < 1.29 is 9.53 Å². The van der Waals surface area contributed by atoms with Crippen molar-refractivity contribution in [3.05, 3.63) is 36.4 Å². The predicted molar refractivity (Wildman–Crippen MR) is 83.0 cm³/mol. The van der Waals surface area contributed by atoms with E-state index in [1.807, 2.05) is 29.2 Å². The van der Waals surface area contributed by atoms with E-state index < -0.39 is 0 Å². The fourth-order valence-corrected chi connectivity index (χ4v) is 2.83. The largest absolute Gasteiger partial charge is 0.489 e. The molecule has 3 rings (SSSR count). The molecule has 1 saturated heterocycles. The molecule has 1 aromatic carbocycles. The molecular formula is C16H21N3O2. The van der Waals surface area contributed by atoms with Gasteiger partial charge in [-0.25, -0.2) is 0 Å². The highest BCUT2D eigenvalue weighted by atomic mass is 16.5. The van der Waals surface area contributed by atoms with Crippen LogP contribution in [0.5, 0.6) is 5.75 Å². The molecule has 0 bridgehead atoms. The molecule has 2 aliphatic rings. The first-order chi connectivity index (χ1) is 10.3. The monoisotopic (exact) mass is 287 g/mol. The molecule has 112 valence electrons. The third-order valence-electron chi connectivity index (χ3n) is 3.96. The highest BCUT2D eigenvalue weighted by Gasteiger charge is 2.25. The van der Waals surface area contributed by atoms with Gasteiger partial charge in [-0.1, -0.05) is 12.1 Å². The third-order valence-corrected chi connectivity index (χ3v) is 3.96. The van der Waals surface area contributed by atoms with Crippen molar-refractivity contribution in [3.63, 3.8) is 0 Å². The van der Waals surface area contributed by atoms with Crippen LogP contribution in [0.2, 0.25) is 0 Å². The van der Waals surface area contributed by atoms with Gasteiger partial charge in [-0.15, -0.1) is 6.58 Å². The number of carbonyl (C=O) groups is 1. The summed E-state index contributed by atoms with van der Waals surface area (Å²) in [5.41, 5.74) is 1.58. The summed E-state index contributed by atoms with van der Waals surface area (Å²) < 4.78 is 5.69. The van der Waals surface area contributed by atoms with Gasteiger partial charge in [0.1, 0.15) is 6.61 Å². The van der Waals surface area contributed by atoms with E-state index in [1.165, 1.54) is 0 Å². The Morgan fingerprint density at radius 1 is 1.33 bits per heavy atom. The number of carbonyl (C=O) groups excluding carboxylic acids is 1. The van der Waals surface area contributed by atoms with Gasteiger partial charge >= 0.3 is 0 Å². The number of amides is 1. The molecule has 0 radical (unpaired) electrons. The molecule has 5 heteroatoms. The quantitative estimate of drug-likeness (QED) is 0.854. The molecule has 0 unspecified atom stereocenters. The van der Waals surface area contributed by atoms with Gasteiger partial charge in [0.25, 0.3) is 5.91 Å². The Bertz CT molecular complexity index is 536. The van der Waals surface area contributed by atoms with Gasteiger partial charge in [-0.2, -0.15) is 0 Å². The normalized spacial score (nSPS) is 18.4. The number of nitrogens with zero attached hydrogens (tertiary/aromatic N) is 2. The van der Waals surface area contributed by atoms with Crippen molar-refractivity contribution in [1.29, 1.82) is 0 Å². The summed E-state index contributed by atoms with van der Waals surface area (Å²) in [7, 11) is 0. The number of para-hydroxylation sites is 1. The lowest BCUT2D eigenvalue weighted by Crippen LogP contribution is -2.48. The summed E-state index contributed by atoms with van der Waals surface area (Å²) in [6.45, 7) is 9.32. The van der Waals surface area contributed by atoms with Gasteiger partial charge in [0.2, 0.25) is 0 Å². The number of hydrogen-bond acceptors (Lipinski definition) is 4. The van der Waals surface area contributed by atoms with Crippen LogP contribution in [0.25, 0.3) is 0 Å². The van der Waals surface area contributed by atoms with E-state index in [9.17, 15) is 4.79 Å². The van der Waals surface area contributed by atoms with Crippen LogP contribution >= 0.6 is 0 Å². The maximum atomic E-state index is 12.7. The van der Waals surface area contributed by atoms with E-state index >= 15 is 0 Å². The zero-order chi connectivity index (χ0) is 14.7. The summed E-state index contributed by atoms with van der Waals surface area (Å²) >= 11 is 0. The molecule has 1 fully saturated rings. The van der Waals surface area contributed by atoms with Gasteiger partial charge in [0.05, 0.1) is 11.3 Å².